The lowest BCUT2D eigenvalue weighted by atomic mass is 10.2. The summed E-state index contributed by atoms with van der Waals surface area (Å²) in [6.07, 6.45) is 0. The van der Waals surface area contributed by atoms with Crippen LogP contribution in [0, 0.1) is 10.1 Å². The van der Waals surface area contributed by atoms with Gasteiger partial charge in [0.15, 0.2) is 0 Å². The molecule has 0 N–H and O–H groups in total. The lowest BCUT2D eigenvalue weighted by Gasteiger charge is -2.35. The minimum atomic E-state index is -0.859. The number of ether oxygens (including phenoxy) is 1. The molecule has 0 bridgehead atoms. The molecule has 0 aromatic heterocycles. The fraction of sp³-hybridized carbons (Fsp3) is 0.263. The molecule has 1 fully saturated rings. The summed E-state index contributed by atoms with van der Waals surface area (Å²) in [5, 5.41) is 10.7. The van der Waals surface area contributed by atoms with E-state index in [2.05, 4.69) is 0 Å². The molecule has 2 aromatic carbocycles. The quantitative estimate of drug-likeness (QED) is 0.354. The van der Waals surface area contributed by atoms with Gasteiger partial charge in [-0.1, -0.05) is 30.3 Å². The molecule has 1 saturated heterocycles. The third-order valence-corrected chi connectivity index (χ3v) is 4.38. The molecule has 8 nitrogen and oxygen atoms in total. The predicted molar refractivity (Wildman–Crippen MR) is 98.1 cm³/mol. The topological polar surface area (TPSA) is 93.0 Å². The minimum Gasteiger partial charge on any atom is -0.454 e. The standard InChI is InChI=1S/C19H19N3O5/c23-18(19(24)27-14-15-4-2-1-3-5-15)21-12-10-20(11-13-21)16-6-8-17(9-7-16)22(25)26/h1-9H,10-14H2. The molecular formula is C19H19N3O5. The molecule has 8 heteroatoms. The number of nitro groups is 1. The maximum absolute atomic E-state index is 12.2. The second kappa shape index (κ2) is 8.31. The van der Waals surface area contributed by atoms with E-state index in [0.717, 1.165) is 11.3 Å². The van der Waals surface area contributed by atoms with E-state index >= 15 is 0 Å². The Labute approximate surface area is 156 Å². The Morgan fingerprint density at radius 3 is 2.19 bits per heavy atom. The van der Waals surface area contributed by atoms with Gasteiger partial charge in [-0.3, -0.25) is 14.9 Å². The van der Waals surface area contributed by atoms with E-state index in [0.29, 0.717) is 26.2 Å². The molecule has 3 rings (SSSR count). The van der Waals surface area contributed by atoms with Crippen LogP contribution in [0.4, 0.5) is 11.4 Å². The van der Waals surface area contributed by atoms with Crippen LogP contribution >= 0.6 is 0 Å². The zero-order valence-electron chi connectivity index (χ0n) is 14.6. The van der Waals surface area contributed by atoms with Gasteiger partial charge in [-0.15, -0.1) is 0 Å². The summed E-state index contributed by atoms with van der Waals surface area (Å²) in [5.74, 6) is -1.50. The Bertz CT molecular complexity index is 815. The summed E-state index contributed by atoms with van der Waals surface area (Å²) in [6, 6.07) is 15.4. The molecule has 0 atom stereocenters. The van der Waals surface area contributed by atoms with Crippen molar-refractivity contribution in [3.8, 4) is 0 Å². The zero-order valence-corrected chi connectivity index (χ0v) is 14.6. The van der Waals surface area contributed by atoms with E-state index < -0.39 is 16.8 Å². The first kappa shape index (κ1) is 18.4. The van der Waals surface area contributed by atoms with Gasteiger partial charge < -0.3 is 14.5 Å². The molecule has 0 spiro atoms. The van der Waals surface area contributed by atoms with Crippen molar-refractivity contribution in [2.24, 2.45) is 0 Å². The van der Waals surface area contributed by atoms with Crippen LogP contribution in [-0.2, 0) is 20.9 Å². The normalized spacial score (nSPS) is 13.9. The average Bonchev–Trinajstić information content (AvgIpc) is 2.72. The maximum Gasteiger partial charge on any atom is 0.397 e. The van der Waals surface area contributed by atoms with Crippen LogP contribution in [0.2, 0.25) is 0 Å². The number of non-ortho nitro benzene ring substituents is 1. The first-order valence-electron chi connectivity index (χ1n) is 8.54. The first-order chi connectivity index (χ1) is 13.0. The molecule has 1 heterocycles. The highest BCUT2D eigenvalue weighted by Crippen LogP contribution is 2.20. The number of anilines is 1. The van der Waals surface area contributed by atoms with Crippen molar-refractivity contribution >= 4 is 23.3 Å². The number of carbonyl (C=O) groups excluding carboxylic acids is 2. The van der Waals surface area contributed by atoms with Crippen LogP contribution in [0.25, 0.3) is 0 Å². The van der Waals surface area contributed by atoms with Gasteiger partial charge in [0, 0.05) is 44.0 Å². The van der Waals surface area contributed by atoms with Crippen molar-refractivity contribution in [3.63, 3.8) is 0 Å². The van der Waals surface area contributed by atoms with Gasteiger partial charge in [-0.25, -0.2) is 4.79 Å². The maximum atomic E-state index is 12.2. The summed E-state index contributed by atoms with van der Waals surface area (Å²) in [7, 11) is 0. The van der Waals surface area contributed by atoms with Crippen molar-refractivity contribution in [1.29, 1.82) is 0 Å². The van der Waals surface area contributed by atoms with Gasteiger partial charge in [0.2, 0.25) is 0 Å². The van der Waals surface area contributed by atoms with Crippen LogP contribution in [0.15, 0.2) is 54.6 Å². The zero-order chi connectivity index (χ0) is 19.2. The van der Waals surface area contributed by atoms with Gasteiger partial charge >= 0.3 is 11.9 Å². The molecule has 0 saturated carbocycles. The Kier molecular flexibility index (Phi) is 5.65. The number of rotatable bonds is 4. The lowest BCUT2D eigenvalue weighted by Crippen LogP contribution is -2.51. The number of esters is 1. The predicted octanol–water partition coefficient (Wildman–Crippen LogP) is 1.99. The highest BCUT2D eigenvalue weighted by atomic mass is 16.6. The number of amides is 1. The number of nitrogens with zero attached hydrogens (tertiary/aromatic N) is 3. The molecule has 1 aliphatic rings. The lowest BCUT2D eigenvalue weighted by molar-refractivity contribution is -0.384. The smallest absolute Gasteiger partial charge is 0.397 e. The Hall–Kier alpha value is -3.42. The third kappa shape index (κ3) is 4.60. The van der Waals surface area contributed by atoms with Gasteiger partial charge in [0.25, 0.3) is 5.69 Å². The molecule has 1 amide bonds. The average molecular weight is 369 g/mol. The molecule has 0 unspecified atom stereocenters. The van der Waals surface area contributed by atoms with Gasteiger partial charge in [-0.2, -0.15) is 0 Å². The van der Waals surface area contributed by atoms with Gasteiger partial charge in [0.05, 0.1) is 4.92 Å². The van der Waals surface area contributed by atoms with Crippen LogP contribution < -0.4 is 4.90 Å². The Balaban J connectivity index is 1.49. The van der Waals surface area contributed by atoms with Crippen LogP contribution in [0.3, 0.4) is 0 Å². The largest absolute Gasteiger partial charge is 0.454 e. The number of piperazine rings is 1. The number of hydrogen-bond acceptors (Lipinski definition) is 6. The number of hydrogen-bond donors (Lipinski definition) is 0. The fourth-order valence-electron chi connectivity index (χ4n) is 2.87. The van der Waals surface area contributed by atoms with E-state index in [4.69, 9.17) is 4.74 Å². The summed E-state index contributed by atoms with van der Waals surface area (Å²) in [6.45, 7) is 1.91. The van der Waals surface area contributed by atoms with Gasteiger partial charge in [0.1, 0.15) is 6.61 Å². The Morgan fingerprint density at radius 1 is 0.963 bits per heavy atom. The minimum absolute atomic E-state index is 0.0359. The highest BCUT2D eigenvalue weighted by Gasteiger charge is 2.27. The molecule has 140 valence electrons. The van der Waals surface area contributed by atoms with E-state index in [9.17, 15) is 19.7 Å². The number of carbonyl (C=O) groups is 2. The monoisotopic (exact) mass is 369 g/mol. The summed E-state index contributed by atoms with van der Waals surface area (Å²) < 4.78 is 5.08. The van der Waals surface area contributed by atoms with Crippen molar-refractivity contribution in [3.05, 3.63) is 70.3 Å². The third-order valence-electron chi connectivity index (χ3n) is 4.38. The molecule has 27 heavy (non-hydrogen) atoms. The number of benzene rings is 2. The van der Waals surface area contributed by atoms with Crippen molar-refractivity contribution < 1.29 is 19.2 Å². The molecule has 0 radical (unpaired) electrons. The molecule has 0 aliphatic carbocycles. The highest BCUT2D eigenvalue weighted by molar-refractivity contribution is 6.32. The Morgan fingerprint density at radius 2 is 1.59 bits per heavy atom. The van der Waals surface area contributed by atoms with Crippen LogP contribution in [0.5, 0.6) is 0 Å². The van der Waals surface area contributed by atoms with Crippen LogP contribution in [-0.4, -0.2) is 47.9 Å². The van der Waals surface area contributed by atoms with E-state index in [1.54, 1.807) is 12.1 Å². The fourth-order valence-corrected chi connectivity index (χ4v) is 2.87. The van der Waals surface area contributed by atoms with E-state index in [-0.39, 0.29) is 12.3 Å². The molecular weight excluding hydrogens is 350 g/mol. The van der Waals surface area contributed by atoms with Crippen molar-refractivity contribution in [1.82, 2.24) is 4.90 Å². The second-order valence-electron chi connectivity index (χ2n) is 6.11. The summed E-state index contributed by atoms with van der Waals surface area (Å²) in [5.41, 5.74) is 1.70. The van der Waals surface area contributed by atoms with E-state index in [1.165, 1.54) is 17.0 Å². The first-order valence-corrected chi connectivity index (χ1v) is 8.54. The molecule has 2 aromatic rings. The van der Waals surface area contributed by atoms with Crippen molar-refractivity contribution in [2.75, 3.05) is 31.1 Å². The SMILES string of the molecule is O=C(OCc1ccccc1)C(=O)N1CCN(c2ccc([N+](=O)[O-])cc2)CC1. The van der Waals surface area contributed by atoms with Gasteiger partial charge in [-0.05, 0) is 17.7 Å². The van der Waals surface area contributed by atoms with Crippen LogP contribution in [0.1, 0.15) is 5.56 Å². The second-order valence-corrected chi connectivity index (χ2v) is 6.11. The summed E-state index contributed by atoms with van der Waals surface area (Å²) >= 11 is 0. The summed E-state index contributed by atoms with van der Waals surface area (Å²) in [4.78, 5) is 38.0. The van der Waals surface area contributed by atoms with E-state index in [1.807, 2.05) is 35.2 Å². The number of nitro benzene ring substituents is 1. The van der Waals surface area contributed by atoms with Crippen molar-refractivity contribution in [2.45, 2.75) is 6.61 Å². The molecule has 1 aliphatic heterocycles.